The number of hydrogen-bond acceptors (Lipinski definition) is 2. The van der Waals surface area contributed by atoms with Crippen LogP contribution in [0.15, 0.2) is 34.9 Å². The first kappa shape index (κ1) is 13.3. The Morgan fingerprint density at radius 3 is 3.06 bits per heavy atom. The Kier molecular flexibility index (Phi) is 5.83. The molecule has 17 heavy (non-hydrogen) atoms. The van der Waals surface area contributed by atoms with Gasteiger partial charge in [-0.05, 0) is 23.8 Å². The number of rotatable bonds is 4. The van der Waals surface area contributed by atoms with Gasteiger partial charge in [0.15, 0.2) is 0 Å². The average molecular weight is 294 g/mol. The van der Waals surface area contributed by atoms with E-state index in [9.17, 15) is 4.79 Å². The maximum Gasteiger partial charge on any atom is 0.318 e. The first-order chi connectivity index (χ1) is 8.22. The van der Waals surface area contributed by atoms with Crippen molar-refractivity contribution in [3.63, 3.8) is 0 Å². The number of hydrogen-bond donors (Lipinski definition) is 2. The second-order valence-electron chi connectivity index (χ2n) is 3.20. The van der Waals surface area contributed by atoms with E-state index >= 15 is 0 Å². The molecule has 0 atom stereocenters. The van der Waals surface area contributed by atoms with E-state index in [0.29, 0.717) is 13.0 Å². The minimum atomic E-state index is -0.313. The monoisotopic (exact) mass is 293 g/mol. The zero-order valence-electron chi connectivity index (χ0n) is 9.11. The fourth-order valence-corrected chi connectivity index (χ4v) is 1.52. The van der Waals surface area contributed by atoms with Crippen LogP contribution in [0.3, 0.4) is 0 Å². The molecule has 1 aromatic rings. The van der Waals surface area contributed by atoms with Crippen LogP contribution in [0.1, 0.15) is 12.0 Å². The number of nitrogens with zero attached hydrogens (tertiary/aromatic N) is 1. The zero-order chi connectivity index (χ0) is 12.5. The lowest BCUT2D eigenvalue weighted by Crippen LogP contribution is -2.32. The summed E-state index contributed by atoms with van der Waals surface area (Å²) in [5, 5.41) is 13.4. The lowest BCUT2D eigenvalue weighted by Gasteiger charge is -2.01. The van der Waals surface area contributed by atoms with Crippen LogP contribution >= 0.6 is 15.9 Å². The lowest BCUT2D eigenvalue weighted by molar-refractivity contribution is 0.244. The fraction of sp³-hybridized carbons (Fsp3) is 0.167. The van der Waals surface area contributed by atoms with Crippen molar-refractivity contribution in [2.24, 2.45) is 0 Å². The van der Waals surface area contributed by atoms with Crippen molar-refractivity contribution in [3.8, 4) is 6.07 Å². The van der Waals surface area contributed by atoms with E-state index in [0.717, 1.165) is 10.0 Å². The molecule has 0 aromatic heterocycles. The molecule has 2 N–H and O–H groups in total. The number of carbonyl (C=O) groups excluding carboxylic acids is 1. The highest BCUT2D eigenvalue weighted by molar-refractivity contribution is 9.10. The van der Waals surface area contributed by atoms with Crippen molar-refractivity contribution >= 4 is 28.0 Å². The Bertz CT molecular complexity index is 451. The van der Waals surface area contributed by atoms with Gasteiger partial charge in [-0.25, -0.2) is 4.79 Å². The van der Waals surface area contributed by atoms with Crippen LogP contribution in [-0.2, 0) is 0 Å². The van der Waals surface area contributed by atoms with Crippen LogP contribution in [0.25, 0.3) is 6.08 Å². The van der Waals surface area contributed by atoms with Gasteiger partial charge in [-0.1, -0.05) is 28.1 Å². The second kappa shape index (κ2) is 7.47. The van der Waals surface area contributed by atoms with Crippen molar-refractivity contribution < 1.29 is 4.79 Å². The first-order valence-corrected chi connectivity index (χ1v) is 5.85. The summed E-state index contributed by atoms with van der Waals surface area (Å²) in [6.45, 7) is 0.354. The Labute approximate surface area is 108 Å². The van der Waals surface area contributed by atoms with Crippen molar-refractivity contribution in [3.05, 3.63) is 40.5 Å². The summed E-state index contributed by atoms with van der Waals surface area (Å²) in [5.74, 6) is 0. The normalized spacial score (nSPS) is 9.88. The van der Waals surface area contributed by atoms with Gasteiger partial charge in [0.05, 0.1) is 12.5 Å². The molecule has 0 bridgehead atoms. The van der Waals surface area contributed by atoms with Crippen LogP contribution < -0.4 is 10.6 Å². The molecule has 2 amide bonds. The molecule has 5 heteroatoms. The molecule has 0 saturated carbocycles. The molecule has 1 aromatic carbocycles. The van der Waals surface area contributed by atoms with Gasteiger partial charge in [0, 0.05) is 17.2 Å². The van der Waals surface area contributed by atoms with Gasteiger partial charge in [0.2, 0.25) is 0 Å². The van der Waals surface area contributed by atoms with Crippen LogP contribution in [-0.4, -0.2) is 12.6 Å². The van der Waals surface area contributed by atoms with Gasteiger partial charge >= 0.3 is 6.03 Å². The highest BCUT2D eigenvalue weighted by Gasteiger charge is 1.94. The SMILES string of the molecule is N#CCCNC(=O)N/C=C/c1cccc(Br)c1. The van der Waals surface area contributed by atoms with E-state index < -0.39 is 0 Å². The number of carbonyl (C=O) groups is 1. The molecule has 0 saturated heterocycles. The molecule has 1 rings (SSSR count). The minimum Gasteiger partial charge on any atom is -0.337 e. The van der Waals surface area contributed by atoms with Crippen molar-refractivity contribution in [2.45, 2.75) is 6.42 Å². The Hall–Kier alpha value is -1.80. The largest absolute Gasteiger partial charge is 0.337 e. The third-order valence-corrected chi connectivity index (χ3v) is 2.35. The Morgan fingerprint density at radius 1 is 1.53 bits per heavy atom. The smallest absolute Gasteiger partial charge is 0.318 e. The molecule has 0 heterocycles. The summed E-state index contributed by atoms with van der Waals surface area (Å²) in [5.41, 5.74) is 0.983. The second-order valence-corrected chi connectivity index (χ2v) is 4.11. The zero-order valence-corrected chi connectivity index (χ0v) is 10.7. The van der Waals surface area contributed by atoms with Gasteiger partial charge in [-0.15, -0.1) is 0 Å². The third-order valence-electron chi connectivity index (χ3n) is 1.86. The summed E-state index contributed by atoms with van der Waals surface area (Å²) in [6, 6.07) is 9.34. The Morgan fingerprint density at radius 2 is 2.35 bits per heavy atom. The fourth-order valence-electron chi connectivity index (χ4n) is 1.11. The van der Waals surface area contributed by atoms with Crippen LogP contribution in [0, 0.1) is 11.3 Å². The third kappa shape index (κ3) is 5.73. The first-order valence-electron chi connectivity index (χ1n) is 5.06. The summed E-state index contributed by atoms with van der Waals surface area (Å²) in [4.78, 5) is 11.2. The van der Waals surface area contributed by atoms with Gasteiger partial charge in [-0.2, -0.15) is 5.26 Å². The summed E-state index contributed by atoms with van der Waals surface area (Å²) in [6.07, 6.45) is 3.65. The molecule has 88 valence electrons. The highest BCUT2D eigenvalue weighted by atomic mass is 79.9. The van der Waals surface area contributed by atoms with Crippen LogP contribution in [0.5, 0.6) is 0 Å². The molecular weight excluding hydrogens is 282 g/mol. The predicted octanol–water partition coefficient (Wildman–Crippen LogP) is 2.63. The van der Waals surface area contributed by atoms with Crippen molar-refractivity contribution in [1.82, 2.24) is 10.6 Å². The van der Waals surface area contributed by atoms with E-state index in [-0.39, 0.29) is 6.03 Å². The van der Waals surface area contributed by atoms with Crippen molar-refractivity contribution in [1.29, 1.82) is 5.26 Å². The molecule has 4 nitrogen and oxygen atoms in total. The molecule has 0 aliphatic heterocycles. The molecule has 0 unspecified atom stereocenters. The minimum absolute atomic E-state index is 0.308. The highest BCUT2D eigenvalue weighted by Crippen LogP contribution is 2.12. The summed E-state index contributed by atoms with van der Waals surface area (Å²) in [7, 11) is 0. The predicted molar refractivity (Wildman–Crippen MR) is 69.9 cm³/mol. The van der Waals surface area contributed by atoms with Crippen molar-refractivity contribution in [2.75, 3.05) is 6.54 Å². The number of halogens is 1. The maximum absolute atomic E-state index is 11.2. The standard InChI is InChI=1S/C12H12BrN3O/c13-11-4-1-3-10(9-11)5-8-16-12(17)15-7-2-6-14/h1,3-5,8-9H,2,7H2,(H2,15,16,17)/b8-5+. The molecule has 0 spiro atoms. The molecular formula is C12H12BrN3O. The Balaban J connectivity index is 2.35. The molecule has 0 aliphatic rings. The van der Waals surface area contributed by atoms with E-state index in [1.807, 2.05) is 30.3 Å². The lowest BCUT2D eigenvalue weighted by atomic mass is 10.2. The van der Waals surface area contributed by atoms with Crippen LogP contribution in [0.2, 0.25) is 0 Å². The molecule has 0 fully saturated rings. The molecule has 0 aliphatic carbocycles. The van der Waals surface area contributed by atoms with Gasteiger partial charge in [0.1, 0.15) is 0 Å². The van der Waals surface area contributed by atoms with E-state index in [4.69, 9.17) is 5.26 Å². The van der Waals surface area contributed by atoms with Gasteiger partial charge in [0.25, 0.3) is 0 Å². The average Bonchev–Trinajstić information content (AvgIpc) is 2.29. The number of urea groups is 1. The maximum atomic E-state index is 11.2. The van der Waals surface area contributed by atoms with E-state index in [1.165, 1.54) is 0 Å². The van der Waals surface area contributed by atoms with Gasteiger partial charge < -0.3 is 10.6 Å². The van der Waals surface area contributed by atoms with Crippen LogP contribution in [0.4, 0.5) is 4.79 Å². The van der Waals surface area contributed by atoms with E-state index in [2.05, 4.69) is 26.6 Å². The molecule has 0 radical (unpaired) electrons. The number of amides is 2. The summed E-state index contributed by atoms with van der Waals surface area (Å²) >= 11 is 3.36. The number of nitriles is 1. The number of nitrogens with one attached hydrogen (secondary N) is 2. The van der Waals surface area contributed by atoms with E-state index in [1.54, 1.807) is 12.3 Å². The van der Waals surface area contributed by atoms with Gasteiger partial charge in [-0.3, -0.25) is 0 Å². The number of benzene rings is 1. The summed E-state index contributed by atoms with van der Waals surface area (Å²) < 4.78 is 0.984. The topological polar surface area (TPSA) is 64.9 Å². The quantitative estimate of drug-likeness (QED) is 0.838.